The first-order valence-electron chi connectivity index (χ1n) is 4.25. The molecule has 0 aliphatic carbocycles. The number of anilines is 1. The van der Waals surface area contributed by atoms with Crippen LogP contribution in [-0.2, 0) is 4.79 Å². The van der Waals surface area contributed by atoms with Crippen LogP contribution in [0.1, 0.15) is 12.5 Å². The van der Waals surface area contributed by atoms with Gasteiger partial charge in [0.05, 0.1) is 12.8 Å². The second kappa shape index (κ2) is 4.46. The highest BCUT2D eigenvalue weighted by atomic mass is 16.5. The Hall–Kier alpha value is -1.77. The minimum atomic E-state index is 0.0146. The van der Waals surface area contributed by atoms with Gasteiger partial charge in [-0.25, -0.2) is 0 Å². The molecule has 3 heteroatoms. The van der Waals surface area contributed by atoms with E-state index in [4.69, 9.17) is 10.5 Å². The van der Waals surface area contributed by atoms with Crippen LogP contribution in [0.25, 0.3) is 6.08 Å². The Balaban J connectivity index is 2.95. The molecule has 0 heterocycles. The summed E-state index contributed by atoms with van der Waals surface area (Å²) in [6, 6.07) is 5.37. The number of hydrogen-bond donors (Lipinski definition) is 1. The molecule has 0 aromatic heterocycles. The minimum absolute atomic E-state index is 0.0146. The Morgan fingerprint density at radius 3 is 2.79 bits per heavy atom. The van der Waals surface area contributed by atoms with Crippen LogP contribution in [-0.4, -0.2) is 12.9 Å². The normalized spacial score (nSPS) is 10.4. The van der Waals surface area contributed by atoms with E-state index < -0.39 is 0 Å². The SMILES string of the molecule is COc1cc(/C=C/C(C)=O)ccc1N. The van der Waals surface area contributed by atoms with Crippen LogP contribution in [0.15, 0.2) is 24.3 Å². The molecular weight excluding hydrogens is 178 g/mol. The van der Waals surface area contributed by atoms with Crippen LogP contribution < -0.4 is 10.5 Å². The van der Waals surface area contributed by atoms with E-state index >= 15 is 0 Å². The maximum absolute atomic E-state index is 10.7. The number of rotatable bonds is 3. The number of carbonyl (C=O) groups excluding carboxylic acids is 1. The van der Waals surface area contributed by atoms with E-state index in [0.29, 0.717) is 11.4 Å². The smallest absolute Gasteiger partial charge is 0.152 e. The second-order valence-corrected chi connectivity index (χ2v) is 2.95. The van der Waals surface area contributed by atoms with E-state index in [9.17, 15) is 4.79 Å². The molecule has 0 aliphatic rings. The molecule has 1 aromatic rings. The molecule has 0 atom stereocenters. The molecule has 0 fully saturated rings. The highest BCUT2D eigenvalue weighted by molar-refractivity contribution is 5.91. The maximum Gasteiger partial charge on any atom is 0.152 e. The van der Waals surface area contributed by atoms with E-state index in [1.54, 1.807) is 25.3 Å². The maximum atomic E-state index is 10.7. The summed E-state index contributed by atoms with van der Waals surface area (Å²) in [6.45, 7) is 1.50. The molecule has 1 aromatic carbocycles. The van der Waals surface area contributed by atoms with Gasteiger partial charge in [0.2, 0.25) is 0 Å². The predicted molar refractivity (Wildman–Crippen MR) is 57.1 cm³/mol. The monoisotopic (exact) mass is 191 g/mol. The number of allylic oxidation sites excluding steroid dienone is 1. The van der Waals surface area contributed by atoms with Gasteiger partial charge in [-0.1, -0.05) is 12.1 Å². The summed E-state index contributed by atoms with van der Waals surface area (Å²) >= 11 is 0. The molecule has 74 valence electrons. The fourth-order valence-corrected chi connectivity index (χ4v) is 1.04. The van der Waals surface area contributed by atoms with Crippen molar-refractivity contribution in [2.45, 2.75) is 6.92 Å². The van der Waals surface area contributed by atoms with Crippen molar-refractivity contribution in [3.63, 3.8) is 0 Å². The minimum Gasteiger partial charge on any atom is -0.495 e. The Morgan fingerprint density at radius 2 is 2.21 bits per heavy atom. The highest BCUT2D eigenvalue weighted by Gasteiger charge is 1.98. The second-order valence-electron chi connectivity index (χ2n) is 2.95. The molecule has 1 rings (SSSR count). The third-order valence-corrected chi connectivity index (χ3v) is 1.77. The number of methoxy groups -OCH3 is 1. The highest BCUT2D eigenvalue weighted by Crippen LogP contribution is 2.22. The first kappa shape index (κ1) is 10.3. The van der Waals surface area contributed by atoms with Gasteiger partial charge in [-0.3, -0.25) is 4.79 Å². The molecule has 0 saturated heterocycles. The van der Waals surface area contributed by atoms with E-state index in [0.717, 1.165) is 5.56 Å². The average Bonchev–Trinajstić information content (AvgIpc) is 2.16. The zero-order chi connectivity index (χ0) is 10.6. The third kappa shape index (κ3) is 2.62. The Kier molecular flexibility index (Phi) is 3.29. The summed E-state index contributed by atoms with van der Waals surface area (Å²) in [5.74, 6) is 0.636. The van der Waals surface area contributed by atoms with Crippen LogP contribution in [0, 0.1) is 0 Å². The molecule has 2 N–H and O–H groups in total. The zero-order valence-corrected chi connectivity index (χ0v) is 8.28. The van der Waals surface area contributed by atoms with Gasteiger partial charge < -0.3 is 10.5 Å². The number of nitrogens with two attached hydrogens (primary N) is 1. The zero-order valence-electron chi connectivity index (χ0n) is 8.28. The molecule has 0 bridgehead atoms. The number of ether oxygens (including phenoxy) is 1. The summed E-state index contributed by atoms with van der Waals surface area (Å²) < 4.78 is 5.05. The van der Waals surface area contributed by atoms with E-state index in [1.165, 1.54) is 13.0 Å². The van der Waals surface area contributed by atoms with Gasteiger partial charge in [-0.2, -0.15) is 0 Å². The molecule has 14 heavy (non-hydrogen) atoms. The molecule has 0 radical (unpaired) electrons. The van der Waals surface area contributed by atoms with Crippen LogP contribution in [0.5, 0.6) is 5.75 Å². The van der Waals surface area contributed by atoms with Gasteiger partial charge >= 0.3 is 0 Å². The fourth-order valence-electron chi connectivity index (χ4n) is 1.04. The molecule has 0 unspecified atom stereocenters. The van der Waals surface area contributed by atoms with Crippen LogP contribution in [0.4, 0.5) is 5.69 Å². The van der Waals surface area contributed by atoms with Gasteiger partial charge in [-0.05, 0) is 30.7 Å². The van der Waals surface area contributed by atoms with Gasteiger partial charge in [0.15, 0.2) is 5.78 Å². The van der Waals surface area contributed by atoms with Crippen molar-refractivity contribution in [3.8, 4) is 5.75 Å². The largest absolute Gasteiger partial charge is 0.495 e. The predicted octanol–water partition coefficient (Wildman–Crippen LogP) is 1.88. The summed E-state index contributed by atoms with van der Waals surface area (Å²) in [4.78, 5) is 10.7. The lowest BCUT2D eigenvalue weighted by atomic mass is 10.1. The molecule has 3 nitrogen and oxygen atoms in total. The summed E-state index contributed by atoms with van der Waals surface area (Å²) in [5, 5.41) is 0. The Labute approximate surface area is 83.2 Å². The summed E-state index contributed by atoms with van der Waals surface area (Å²) in [7, 11) is 1.56. The van der Waals surface area contributed by atoms with Crippen molar-refractivity contribution < 1.29 is 9.53 Å². The molecule has 0 spiro atoms. The average molecular weight is 191 g/mol. The standard InChI is InChI=1S/C11H13NO2/c1-8(13)3-4-9-5-6-10(12)11(7-9)14-2/h3-7H,12H2,1-2H3/b4-3+. The summed E-state index contributed by atoms with van der Waals surface area (Å²) in [6.07, 6.45) is 3.23. The molecule has 0 amide bonds. The van der Waals surface area contributed by atoms with Crippen molar-refractivity contribution >= 4 is 17.5 Å². The van der Waals surface area contributed by atoms with Crippen molar-refractivity contribution in [1.82, 2.24) is 0 Å². The van der Waals surface area contributed by atoms with Crippen LogP contribution >= 0.6 is 0 Å². The van der Waals surface area contributed by atoms with E-state index in [1.807, 2.05) is 6.07 Å². The van der Waals surface area contributed by atoms with E-state index in [2.05, 4.69) is 0 Å². The van der Waals surface area contributed by atoms with Crippen molar-refractivity contribution in [2.24, 2.45) is 0 Å². The quantitative estimate of drug-likeness (QED) is 0.586. The first-order chi connectivity index (χ1) is 6.63. The number of benzene rings is 1. The lowest BCUT2D eigenvalue weighted by molar-refractivity contribution is -0.112. The number of hydrogen-bond acceptors (Lipinski definition) is 3. The topological polar surface area (TPSA) is 52.3 Å². The van der Waals surface area contributed by atoms with Gasteiger partial charge in [0.1, 0.15) is 5.75 Å². The van der Waals surface area contributed by atoms with Crippen LogP contribution in [0.3, 0.4) is 0 Å². The number of ketones is 1. The van der Waals surface area contributed by atoms with Crippen molar-refractivity contribution in [3.05, 3.63) is 29.8 Å². The molecule has 0 saturated carbocycles. The van der Waals surface area contributed by atoms with Crippen LogP contribution in [0.2, 0.25) is 0 Å². The summed E-state index contributed by atoms with van der Waals surface area (Å²) in [5.41, 5.74) is 7.12. The van der Waals surface area contributed by atoms with Gasteiger partial charge in [-0.15, -0.1) is 0 Å². The lowest BCUT2D eigenvalue weighted by Gasteiger charge is -2.04. The van der Waals surface area contributed by atoms with E-state index in [-0.39, 0.29) is 5.78 Å². The fraction of sp³-hybridized carbons (Fsp3) is 0.182. The Morgan fingerprint density at radius 1 is 1.50 bits per heavy atom. The number of carbonyl (C=O) groups is 1. The Bertz CT molecular complexity index is 370. The number of nitrogen functional groups attached to an aromatic ring is 1. The third-order valence-electron chi connectivity index (χ3n) is 1.77. The first-order valence-corrected chi connectivity index (χ1v) is 4.25. The van der Waals surface area contributed by atoms with Gasteiger partial charge in [0.25, 0.3) is 0 Å². The lowest BCUT2D eigenvalue weighted by Crippen LogP contribution is -1.92. The molecule has 0 aliphatic heterocycles. The molecular formula is C11H13NO2. The van der Waals surface area contributed by atoms with Gasteiger partial charge in [0, 0.05) is 0 Å². The van der Waals surface area contributed by atoms with Crippen molar-refractivity contribution in [1.29, 1.82) is 0 Å². The van der Waals surface area contributed by atoms with Crippen molar-refractivity contribution in [2.75, 3.05) is 12.8 Å².